The van der Waals surface area contributed by atoms with E-state index in [2.05, 4.69) is 10.2 Å². The van der Waals surface area contributed by atoms with Crippen molar-refractivity contribution in [3.8, 4) is 0 Å². The molecule has 5 nitrogen and oxygen atoms in total. The summed E-state index contributed by atoms with van der Waals surface area (Å²) < 4.78 is 4.73. The van der Waals surface area contributed by atoms with Gasteiger partial charge in [0.15, 0.2) is 5.78 Å². The Morgan fingerprint density at radius 3 is 2.85 bits per heavy atom. The normalized spacial score (nSPS) is 9.69. The minimum absolute atomic E-state index is 0.189. The van der Waals surface area contributed by atoms with Crippen molar-refractivity contribution in [2.24, 2.45) is 0 Å². The fourth-order valence-corrected chi connectivity index (χ4v) is 0.918. The van der Waals surface area contributed by atoms with Crippen LogP contribution >= 0.6 is 0 Å². The topological polar surface area (TPSA) is 72.0 Å². The molecule has 5 heteroatoms. The average Bonchev–Trinajstić information content (AvgIpc) is 2.52. The molecule has 1 aromatic rings. The molecule has 0 atom stereocenters. The molecule has 1 N–H and O–H groups in total. The molecular formula is C8H10N2O3. The van der Waals surface area contributed by atoms with Gasteiger partial charge < -0.3 is 4.74 Å². The molecule has 0 aliphatic heterocycles. The number of H-pyrrole nitrogens is 1. The lowest BCUT2D eigenvalue weighted by molar-refractivity contribution is 0.0523. The van der Waals surface area contributed by atoms with E-state index in [4.69, 9.17) is 4.74 Å². The summed E-state index contributed by atoms with van der Waals surface area (Å²) in [7, 11) is 0. The van der Waals surface area contributed by atoms with Crippen LogP contribution < -0.4 is 0 Å². The van der Waals surface area contributed by atoms with E-state index in [0.717, 1.165) is 0 Å². The number of ketones is 1. The number of hydrogen-bond acceptors (Lipinski definition) is 4. The van der Waals surface area contributed by atoms with Gasteiger partial charge in [0.2, 0.25) is 0 Å². The minimum atomic E-state index is -0.526. The third kappa shape index (κ3) is 1.93. The van der Waals surface area contributed by atoms with Crippen molar-refractivity contribution in [3.63, 3.8) is 0 Å². The van der Waals surface area contributed by atoms with E-state index < -0.39 is 5.97 Å². The quantitative estimate of drug-likeness (QED) is 0.554. The summed E-state index contributed by atoms with van der Waals surface area (Å²) in [5, 5.41) is 6.04. The molecule has 0 unspecified atom stereocenters. The Labute approximate surface area is 75.1 Å². The van der Waals surface area contributed by atoms with Crippen LogP contribution in [0.1, 0.15) is 34.7 Å². The van der Waals surface area contributed by atoms with Gasteiger partial charge in [-0.15, -0.1) is 0 Å². The SMILES string of the molecule is CCOC(=O)c1cn[nH]c1C(C)=O. The van der Waals surface area contributed by atoms with Gasteiger partial charge in [-0.25, -0.2) is 4.79 Å². The first-order valence-electron chi connectivity index (χ1n) is 3.88. The summed E-state index contributed by atoms with van der Waals surface area (Å²) in [5.74, 6) is -0.762. The van der Waals surface area contributed by atoms with Crippen molar-refractivity contribution in [2.45, 2.75) is 13.8 Å². The first kappa shape index (κ1) is 9.44. The van der Waals surface area contributed by atoms with E-state index in [1.807, 2.05) is 0 Å². The van der Waals surface area contributed by atoms with Crippen molar-refractivity contribution >= 4 is 11.8 Å². The van der Waals surface area contributed by atoms with Crippen LogP contribution in [0.25, 0.3) is 0 Å². The van der Waals surface area contributed by atoms with Gasteiger partial charge in [0.25, 0.3) is 0 Å². The minimum Gasteiger partial charge on any atom is -0.462 e. The lowest BCUT2D eigenvalue weighted by Gasteiger charge is -1.99. The Kier molecular flexibility index (Phi) is 2.79. The largest absolute Gasteiger partial charge is 0.462 e. The summed E-state index contributed by atoms with van der Waals surface area (Å²) in [6, 6.07) is 0. The molecule has 1 rings (SSSR count). The van der Waals surface area contributed by atoms with Crippen molar-refractivity contribution < 1.29 is 14.3 Å². The van der Waals surface area contributed by atoms with Gasteiger partial charge in [-0.2, -0.15) is 5.10 Å². The van der Waals surface area contributed by atoms with E-state index in [1.54, 1.807) is 6.92 Å². The highest BCUT2D eigenvalue weighted by Crippen LogP contribution is 2.06. The number of esters is 1. The molecule has 13 heavy (non-hydrogen) atoms. The van der Waals surface area contributed by atoms with Crippen molar-refractivity contribution in [2.75, 3.05) is 6.61 Å². The fraction of sp³-hybridized carbons (Fsp3) is 0.375. The smallest absolute Gasteiger partial charge is 0.342 e. The summed E-state index contributed by atoms with van der Waals surface area (Å²) in [4.78, 5) is 22.2. The molecule has 0 aliphatic carbocycles. The Hall–Kier alpha value is -1.65. The fourth-order valence-electron chi connectivity index (χ4n) is 0.918. The van der Waals surface area contributed by atoms with Gasteiger partial charge in [0.1, 0.15) is 11.3 Å². The molecule has 0 spiro atoms. The first-order valence-corrected chi connectivity index (χ1v) is 3.88. The molecule has 0 saturated heterocycles. The maximum absolute atomic E-state index is 11.2. The summed E-state index contributed by atoms with van der Waals surface area (Å²) in [5.41, 5.74) is 0.382. The third-order valence-corrected chi connectivity index (χ3v) is 1.49. The van der Waals surface area contributed by atoms with Crippen LogP contribution in [-0.2, 0) is 4.74 Å². The van der Waals surface area contributed by atoms with Crippen LogP contribution in [0.5, 0.6) is 0 Å². The zero-order chi connectivity index (χ0) is 9.84. The van der Waals surface area contributed by atoms with E-state index in [0.29, 0.717) is 0 Å². The van der Waals surface area contributed by atoms with Gasteiger partial charge in [0.05, 0.1) is 12.8 Å². The highest BCUT2D eigenvalue weighted by molar-refractivity contribution is 6.03. The number of rotatable bonds is 3. The molecule has 0 fully saturated rings. The number of nitrogens with zero attached hydrogens (tertiary/aromatic N) is 1. The van der Waals surface area contributed by atoms with Crippen LogP contribution in [0.3, 0.4) is 0 Å². The van der Waals surface area contributed by atoms with E-state index >= 15 is 0 Å². The maximum Gasteiger partial charge on any atom is 0.342 e. The molecule has 1 aromatic heterocycles. The number of carbonyl (C=O) groups is 2. The van der Waals surface area contributed by atoms with Crippen LogP contribution in [-0.4, -0.2) is 28.6 Å². The third-order valence-electron chi connectivity index (χ3n) is 1.49. The molecular weight excluding hydrogens is 172 g/mol. The van der Waals surface area contributed by atoms with Crippen molar-refractivity contribution in [1.29, 1.82) is 0 Å². The lowest BCUT2D eigenvalue weighted by Crippen LogP contribution is -2.08. The summed E-state index contributed by atoms with van der Waals surface area (Å²) in [6.07, 6.45) is 1.29. The average molecular weight is 182 g/mol. The number of aromatic amines is 1. The molecule has 70 valence electrons. The van der Waals surface area contributed by atoms with Crippen molar-refractivity contribution in [1.82, 2.24) is 10.2 Å². The molecule has 0 amide bonds. The zero-order valence-corrected chi connectivity index (χ0v) is 7.46. The van der Waals surface area contributed by atoms with E-state index in [1.165, 1.54) is 13.1 Å². The van der Waals surface area contributed by atoms with Gasteiger partial charge in [-0.3, -0.25) is 9.89 Å². The van der Waals surface area contributed by atoms with Crippen LogP contribution in [0, 0.1) is 0 Å². The number of carbonyl (C=O) groups excluding carboxylic acids is 2. The predicted octanol–water partition coefficient (Wildman–Crippen LogP) is 0.789. The highest BCUT2D eigenvalue weighted by atomic mass is 16.5. The van der Waals surface area contributed by atoms with E-state index in [9.17, 15) is 9.59 Å². The monoisotopic (exact) mass is 182 g/mol. The van der Waals surface area contributed by atoms with Gasteiger partial charge in [-0.1, -0.05) is 0 Å². The van der Waals surface area contributed by atoms with Crippen LogP contribution in [0.2, 0.25) is 0 Å². The number of nitrogens with one attached hydrogen (secondary N) is 1. The molecule has 1 heterocycles. The predicted molar refractivity (Wildman–Crippen MR) is 44.5 cm³/mol. The van der Waals surface area contributed by atoms with Gasteiger partial charge in [0, 0.05) is 6.92 Å². The van der Waals surface area contributed by atoms with Gasteiger partial charge in [-0.05, 0) is 6.92 Å². The Balaban J connectivity index is 2.93. The first-order chi connectivity index (χ1) is 6.16. The van der Waals surface area contributed by atoms with Crippen LogP contribution in [0.4, 0.5) is 0 Å². The second-order valence-electron chi connectivity index (χ2n) is 2.44. The highest BCUT2D eigenvalue weighted by Gasteiger charge is 2.17. The summed E-state index contributed by atoms with van der Waals surface area (Å²) >= 11 is 0. The molecule has 0 radical (unpaired) electrons. The lowest BCUT2D eigenvalue weighted by atomic mass is 10.2. The molecule has 0 saturated carbocycles. The Morgan fingerprint density at radius 2 is 2.31 bits per heavy atom. The Morgan fingerprint density at radius 1 is 1.62 bits per heavy atom. The van der Waals surface area contributed by atoms with Crippen molar-refractivity contribution in [3.05, 3.63) is 17.5 Å². The molecule has 0 aromatic carbocycles. The molecule has 0 bridgehead atoms. The number of hydrogen-bond donors (Lipinski definition) is 1. The maximum atomic E-state index is 11.2. The second kappa shape index (κ2) is 3.84. The second-order valence-corrected chi connectivity index (χ2v) is 2.44. The van der Waals surface area contributed by atoms with E-state index in [-0.39, 0.29) is 23.6 Å². The molecule has 0 aliphatic rings. The summed E-state index contributed by atoms with van der Waals surface area (Å²) in [6.45, 7) is 3.34. The van der Waals surface area contributed by atoms with Gasteiger partial charge >= 0.3 is 5.97 Å². The zero-order valence-electron chi connectivity index (χ0n) is 7.46. The Bertz CT molecular complexity index is 330. The number of aromatic nitrogens is 2. The number of Topliss-reactive ketones (excluding diaryl/α,β-unsaturated/α-hetero) is 1. The number of ether oxygens (including phenoxy) is 1. The standard InChI is InChI=1S/C8H10N2O3/c1-3-13-8(12)6-4-9-10-7(6)5(2)11/h4H,3H2,1-2H3,(H,9,10). The van der Waals surface area contributed by atoms with Crippen LogP contribution in [0.15, 0.2) is 6.20 Å².